The van der Waals surface area contributed by atoms with E-state index in [1.54, 1.807) is 20.8 Å². The summed E-state index contributed by atoms with van der Waals surface area (Å²) in [5, 5.41) is 8.38. The van der Waals surface area contributed by atoms with Gasteiger partial charge in [-0.3, -0.25) is 4.79 Å². The average molecular weight is 311 g/mol. The molecule has 0 bridgehead atoms. The zero-order valence-electron chi connectivity index (χ0n) is 12.5. The van der Waals surface area contributed by atoms with Crippen molar-refractivity contribution < 1.29 is 18.3 Å². The molecule has 0 spiro atoms. The van der Waals surface area contributed by atoms with Gasteiger partial charge < -0.3 is 10.0 Å². The summed E-state index contributed by atoms with van der Waals surface area (Å²) in [5.41, 5.74) is 0.872. The summed E-state index contributed by atoms with van der Waals surface area (Å²) in [5.74, 6) is -1.16. The van der Waals surface area contributed by atoms with E-state index < -0.39 is 32.5 Å². The van der Waals surface area contributed by atoms with Crippen LogP contribution in [0.1, 0.15) is 26.3 Å². The average Bonchev–Trinajstić information content (AvgIpc) is 2.41. The van der Waals surface area contributed by atoms with Crippen molar-refractivity contribution in [1.29, 1.82) is 0 Å². The number of hydrogen-bond acceptors (Lipinski definition) is 4. The number of aliphatic hydroxyl groups excluding tert-OH is 1. The lowest BCUT2D eigenvalue weighted by molar-refractivity contribution is -0.154. The highest BCUT2D eigenvalue weighted by molar-refractivity contribution is 7.93. The number of benzene rings is 1. The summed E-state index contributed by atoms with van der Waals surface area (Å²) in [6.45, 7) is 4.64. The molecule has 0 aromatic heterocycles. The van der Waals surface area contributed by atoms with Crippen molar-refractivity contribution in [3.8, 4) is 0 Å². The van der Waals surface area contributed by atoms with Crippen LogP contribution in [0, 0.1) is 5.92 Å². The monoisotopic (exact) mass is 311 g/mol. The van der Waals surface area contributed by atoms with Crippen LogP contribution in [-0.2, 0) is 21.2 Å². The summed E-state index contributed by atoms with van der Waals surface area (Å²) >= 11 is 0. The Labute approximate surface area is 125 Å². The maximum atomic E-state index is 12.6. The van der Waals surface area contributed by atoms with E-state index in [-0.39, 0.29) is 12.5 Å². The molecule has 1 aliphatic heterocycles. The largest absolute Gasteiger partial charge is 0.395 e. The van der Waals surface area contributed by atoms with E-state index in [2.05, 4.69) is 0 Å². The van der Waals surface area contributed by atoms with Gasteiger partial charge in [-0.1, -0.05) is 30.3 Å². The van der Waals surface area contributed by atoms with Gasteiger partial charge in [-0.05, 0) is 26.3 Å². The van der Waals surface area contributed by atoms with Crippen LogP contribution in [0.4, 0.5) is 0 Å². The van der Waals surface area contributed by atoms with Crippen molar-refractivity contribution in [3.63, 3.8) is 0 Å². The molecule has 1 heterocycles. The Kier molecular flexibility index (Phi) is 4.13. The predicted molar refractivity (Wildman–Crippen MR) is 80.0 cm³/mol. The molecule has 1 fully saturated rings. The summed E-state index contributed by atoms with van der Waals surface area (Å²) in [6, 6.07) is 9.24. The molecule has 2 atom stereocenters. The number of rotatable bonds is 4. The topological polar surface area (TPSA) is 74.7 Å². The summed E-state index contributed by atoms with van der Waals surface area (Å²) < 4.78 is 24.3. The van der Waals surface area contributed by atoms with Crippen LogP contribution in [-0.4, -0.2) is 41.1 Å². The molecule has 1 N–H and O–H groups in total. The van der Waals surface area contributed by atoms with Gasteiger partial charge in [0.05, 0.1) is 17.3 Å². The number of hydrogen-bond donors (Lipinski definition) is 1. The van der Waals surface area contributed by atoms with Crippen molar-refractivity contribution >= 4 is 15.7 Å². The second-order valence-corrected chi connectivity index (χ2v) is 9.09. The molecule has 0 aliphatic carbocycles. The predicted octanol–water partition coefficient (Wildman–Crippen LogP) is 1.18. The van der Waals surface area contributed by atoms with Gasteiger partial charge in [-0.15, -0.1) is 0 Å². The fourth-order valence-electron chi connectivity index (χ4n) is 2.46. The summed E-state index contributed by atoms with van der Waals surface area (Å²) in [4.78, 5) is 13.4. The second-order valence-electron chi connectivity index (χ2n) is 6.29. The maximum absolute atomic E-state index is 12.6. The lowest BCUT2D eigenvalue weighted by atomic mass is 9.98. The van der Waals surface area contributed by atoms with Crippen molar-refractivity contribution in [2.75, 3.05) is 6.61 Å². The van der Waals surface area contributed by atoms with Crippen LogP contribution in [0.25, 0.3) is 0 Å². The van der Waals surface area contributed by atoms with Crippen LogP contribution >= 0.6 is 0 Å². The minimum Gasteiger partial charge on any atom is -0.395 e. The number of carbonyl (C=O) groups excluding carboxylic acids is 1. The highest BCUT2D eigenvalue weighted by Gasteiger charge is 2.56. The first-order valence-corrected chi connectivity index (χ1v) is 8.43. The standard InChI is InChI=1S/C15H21NO4S/c1-15(2,3)21(19,20)14-12(10-17)13(18)16(14)9-11-7-5-4-6-8-11/h4-8,12,14,17H,9-10H2,1-3H3. The van der Waals surface area contributed by atoms with Crippen molar-refractivity contribution in [2.24, 2.45) is 5.92 Å². The van der Waals surface area contributed by atoms with Gasteiger partial charge in [0, 0.05) is 6.54 Å². The van der Waals surface area contributed by atoms with Crippen LogP contribution in [0.5, 0.6) is 0 Å². The highest BCUT2D eigenvalue weighted by Crippen LogP contribution is 2.37. The lowest BCUT2D eigenvalue weighted by Crippen LogP contribution is -2.67. The van der Waals surface area contributed by atoms with Gasteiger partial charge >= 0.3 is 0 Å². The van der Waals surface area contributed by atoms with E-state index in [1.807, 2.05) is 30.3 Å². The zero-order chi connectivity index (χ0) is 15.8. The molecular weight excluding hydrogens is 290 g/mol. The molecule has 0 saturated carbocycles. The smallest absolute Gasteiger partial charge is 0.232 e. The Morgan fingerprint density at radius 2 is 1.76 bits per heavy atom. The lowest BCUT2D eigenvalue weighted by Gasteiger charge is -2.47. The number of amides is 1. The second kappa shape index (κ2) is 5.42. The van der Waals surface area contributed by atoms with E-state index >= 15 is 0 Å². The Morgan fingerprint density at radius 1 is 1.19 bits per heavy atom. The number of carbonyl (C=O) groups is 1. The zero-order valence-corrected chi connectivity index (χ0v) is 13.3. The molecule has 1 aromatic carbocycles. The van der Waals surface area contributed by atoms with E-state index in [0.29, 0.717) is 0 Å². The molecule has 2 unspecified atom stereocenters. The number of likely N-dealkylation sites (tertiary alicyclic amines) is 1. The van der Waals surface area contributed by atoms with Crippen LogP contribution in [0.15, 0.2) is 30.3 Å². The van der Waals surface area contributed by atoms with Crippen molar-refractivity contribution in [2.45, 2.75) is 37.4 Å². The Morgan fingerprint density at radius 3 is 2.24 bits per heavy atom. The first-order chi connectivity index (χ1) is 9.70. The molecule has 0 radical (unpaired) electrons. The molecule has 1 amide bonds. The van der Waals surface area contributed by atoms with Crippen molar-refractivity contribution in [3.05, 3.63) is 35.9 Å². The molecule has 21 heavy (non-hydrogen) atoms. The van der Waals surface area contributed by atoms with E-state index in [4.69, 9.17) is 0 Å². The first kappa shape index (κ1) is 16.0. The molecular formula is C15H21NO4S. The Hall–Kier alpha value is -1.40. The third kappa shape index (κ3) is 2.70. The minimum absolute atomic E-state index is 0.246. The minimum atomic E-state index is -3.56. The van der Waals surface area contributed by atoms with Crippen LogP contribution in [0.3, 0.4) is 0 Å². The first-order valence-electron chi connectivity index (χ1n) is 6.89. The van der Waals surface area contributed by atoms with Crippen LogP contribution < -0.4 is 0 Å². The fraction of sp³-hybridized carbons (Fsp3) is 0.533. The van der Waals surface area contributed by atoms with Crippen molar-refractivity contribution in [1.82, 2.24) is 4.90 Å². The van der Waals surface area contributed by atoms with Gasteiger partial charge in [0.15, 0.2) is 9.84 Å². The molecule has 5 nitrogen and oxygen atoms in total. The number of sulfone groups is 1. The molecule has 6 heteroatoms. The Bertz CT molecular complexity index is 619. The number of nitrogens with zero attached hydrogens (tertiary/aromatic N) is 1. The van der Waals surface area contributed by atoms with Gasteiger partial charge in [0.1, 0.15) is 5.37 Å². The summed E-state index contributed by atoms with van der Waals surface area (Å²) in [6.07, 6.45) is 0. The SMILES string of the molecule is CC(C)(C)S(=O)(=O)C1C(CO)C(=O)N1Cc1ccccc1. The molecule has 116 valence electrons. The third-order valence-corrected chi connectivity index (χ3v) is 6.74. The molecule has 1 aliphatic rings. The van der Waals surface area contributed by atoms with E-state index in [1.165, 1.54) is 4.90 Å². The van der Waals surface area contributed by atoms with E-state index in [0.717, 1.165) is 5.56 Å². The maximum Gasteiger partial charge on any atom is 0.232 e. The summed E-state index contributed by atoms with van der Waals surface area (Å²) in [7, 11) is -3.56. The number of aliphatic hydroxyl groups is 1. The van der Waals surface area contributed by atoms with Gasteiger partial charge in [0.2, 0.25) is 5.91 Å². The van der Waals surface area contributed by atoms with Gasteiger partial charge in [-0.25, -0.2) is 8.42 Å². The number of β-lactam (4-membered cyclic amide) rings is 1. The quantitative estimate of drug-likeness (QED) is 0.847. The Balaban J connectivity index is 2.31. The normalized spacial score (nSPS) is 23.0. The third-order valence-electron chi connectivity index (χ3n) is 3.82. The molecule has 1 aromatic rings. The molecule has 2 rings (SSSR count). The van der Waals surface area contributed by atoms with Crippen LogP contribution in [0.2, 0.25) is 0 Å². The van der Waals surface area contributed by atoms with E-state index in [9.17, 15) is 18.3 Å². The molecule has 1 saturated heterocycles. The fourth-order valence-corrected chi connectivity index (χ4v) is 4.33. The van der Waals surface area contributed by atoms with Gasteiger partial charge in [0.25, 0.3) is 0 Å². The van der Waals surface area contributed by atoms with Gasteiger partial charge in [-0.2, -0.15) is 0 Å². The highest BCUT2D eigenvalue weighted by atomic mass is 32.2.